The van der Waals surface area contributed by atoms with Crippen LogP contribution in [0, 0.1) is 5.41 Å². The summed E-state index contributed by atoms with van der Waals surface area (Å²) in [4.78, 5) is 0. The summed E-state index contributed by atoms with van der Waals surface area (Å²) in [6.07, 6.45) is 5.63. The fraction of sp³-hybridized carbons (Fsp3) is 0.438. The van der Waals surface area contributed by atoms with Crippen molar-refractivity contribution in [2.75, 3.05) is 18.5 Å². The maximum atomic E-state index is 9.57. The van der Waals surface area contributed by atoms with Gasteiger partial charge in [-0.3, -0.25) is 0 Å². The van der Waals surface area contributed by atoms with Crippen LogP contribution >= 0.6 is 0 Å². The van der Waals surface area contributed by atoms with Gasteiger partial charge in [-0.1, -0.05) is 13.8 Å². The molecule has 0 saturated heterocycles. The molecular weight excluding hydrogens is 250 g/mol. The van der Waals surface area contributed by atoms with Crippen LogP contribution in [0.25, 0.3) is 5.69 Å². The second kappa shape index (κ2) is 6.57. The van der Waals surface area contributed by atoms with E-state index in [0.29, 0.717) is 0 Å². The Bertz CT molecular complexity index is 493. The largest absolute Gasteiger partial charge is 0.396 e. The molecule has 0 radical (unpaired) electrons. The van der Waals surface area contributed by atoms with Gasteiger partial charge in [0.15, 0.2) is 0 Å². The Morgan fingerprint density at radius 3 is 2.40 bits per heavy atom. The summed E-state index contributed by atoms with van der Waals surface area (Å²) in [5.74, 6) is 0. The highest BCUT2D eigenvalue weighted by atomic mass is 16.3. The summed E-state index contributed by atoms with van der Waals surface area (Å²) < 4.78 is 1.83. The van der Waals surface area contributed by atoms with Gasteiger partial charge >= 0.3 is 0 Å². The summed E-state index contributed by atoms with van der Waals surface area (Å²) in [5, 5.41) is 17.2. The number of hydrogen-bond donors (Lipinski definition) is 2. The first-order valence-electron chi connectivity index (χ1n) is 7.18. The molecular formula is C16H23N3O. The van der Waals surface area contributed by atoms with Crippen LogP contribution in [0.2, 0.25) is 0 Å². The van der Waals surface area contributed by atoms with Crippen LogP contribution in [0.1, 0.15) is 26.7 Å². The summed E-state index contributed by atoms with van der Waals surface area (Å²) in [7, 11) is 0. The second-order valence-electron chi connectivity index (χ2n) is 5.22. The minimum atomic E-state index is -0.0271. The molecule has 0 unspecified atom stereocenters. The lowest BCUT2D eigenvalue weighted by Gasteiger charge is -2.30. The van der Waals surface area contributed by atoms with Crippen LogP contribution in [-0.2, 0) is 0 Å². The van der Waals surface area contributed by atoms with Crippen molar-refractivity contribution in [2.45, 2.75) is 26.7 Å². The van der Waals surface area contributed by atoms with Gasteiger partial charge in [0.2, 0.25) is 0 Å². The highest BCUT2D eigenvalue weighted by Crippen LogP contribution is 2.26. The second-order valence-corrected chi connectivity index (χ2v) is 5.22. The SMILES string of the molecule is CCC(CC)(CO)CNc1ccc(-n2cccn2)cc1. The van der Waals surface area contributed by atoms with E-state index >= 15 is 0 Å². The number of aliphatic hydroxyl groups excluding tert-OH is 1. The molecule has 1 heterocycles. The molecule has 2 aromatic rings. The number of aliphatic hydroxyl groups is 1. The summed E-state index contributed by atoms with van der Waals surface area (Å²) in [5.41, 5.74) is 2.08. The van der Waals surface area contributed by atoms with Crippen LogP contribution in [0.15, 0.2) is 42.7 Å². The van der Waals surface area contributed by atoms with Crippen molar-refractivity contribution in [3.63, 3.8) is 0 Å². The van der Waals surface area contributed by atoms with Gasteiger partial charge in [0, 0.05) is 30.0 Å². The molecule has 2 N–H and O–H groups in total. The van der Waals surface area contributed by atoms with E-state index in [1.165, 1.54) is 0 Å². The summed E-state index contributed by atoms with van der Waals surface area (Å²) >= 11 is 0. The van der Waals surface area contributed by atoms with Crippen LogP contribution in [-0.4, -0.2) is 28.0 Å². The Morgan fingerprint density at radius 2 is 1.90 bits per heavy atom. The molecule has 108 valence electrons. The van der Waals surface area contributed by atoms with Crippen molar-refractivity contribution in [1.29, 1.82) is 0 Å². The molecule has 1 aromatic heterocycles. The topological polar surface area (TPSA) is 50.1 Å². The predicted molar refractivity (Wildman–Crippen MR) is 82.2 cm³/mol. The first kappa shape index (κ1) is 14.6. The molecule has 4 heteroatoms. The molecule has 0 spiro atoms. The normalized spacial score (nSPS) is 11.6. The molecule has 0 saturated carbocycles. The van der Waals surface area contributed by atoms with Crippen molar-refractivity contribution in [2.24, 2.45) is 5.41 Å². The molecule has 0 aliphatic rings. The Hall–Kier alpha value is -1.81. The van der Waals surface area contributed by atoms with E-state index in [1.54, 1.807) is 6.20 Å². The maximum absolute atomic E-state index is 9.57. The Balaban J connectivity index is 2.01. The number of nitrogens with zero attached hydrogens (tertiary/aromatic N) is 2. The van der Waals surface area contributed by atoms with Crippen LogP contribution < -0.4 is 5.32 Å². The van der Waals surface area contributed by atoms with Crippen molar-refractivity contribution >= 4 is 5.69 Å². The van der Waals surface area contributed by atoms with Gasteiger partial charge in [-0.25, -0.2) is 4.68 Å². The van der Waals surface area contributed by atoms with Gasteiger partial charge in [0.05, 0.1) is 12.3 Å². The first-order chi connectivity index (χ1) is 9.73. The standard InChI is InChI=1S/C16H23N3O/c1-3-16(4-2,13-20)12-17-14-6-8-15(9-7-14)19-11-5-10-18-19/h5-11,17,20H,3-4,12-13H2,1-2H3. The molecule has 20 heavy (non-hydrogen) atoms. The van der Waals surface area contributed by atoms with Crippen molar-refractivity contribution in [3.05, 3.63) is 42.7 Å². The Kier molecular flexibility index (Phi) is 4.79. The van der Waals surface area contributed by atoms with Crippen molar-refractivity contribution < 1.29 is 5.11 Å². The Morgan fingerprint density at radius 1 is 1.20 bits per heavy atom. The third-order valence-electron chi connectivity index (χ3n) is 4.14. The van der Waals surface area contributed by atoms with E-state index in [4.69, 9.17) is 0 Å². The number of hydrogen-bond acceptors (Lipinski definition) is 3. The lowest BCUT2D eigenvalue weighted by Crippen LogP contribution is -2.32. The van der Waals surface area contributed by atoms with Crippen LogP contribution in [0.5, 0.6) is 0 Å². The van der Waals surface area contributed by atoms with Gasteiger partial charge in [-0.15, -0.1) is 0 Å². The molecule has 0 aliphatic carbocycles. The van der Waals surface area contributed by atoms with Gasteiger partial charge in [0.25, 0.3) is 0 Å². The number of rotatable bonds is 7. The molecule has 0 aliphatic heterocycles. The van der Waals surface area contributed by atoms with E-state index in [0.717, 1.165) is 30.8 Å². The average molecular weight is 273 g/mol. The van der Waals surface area contributed by atoms with Crippen LogP contribution in [0.3, 0.4) is 0 Å². The third kappa shape index (κ3) is 3.20. The monoisotopic (exact) mass is 273 g/mol. The molecule has 1 aromatic carbocycles. The minimum Gasteiger partial charge on any atom is -0.396 e. The smallest absolute Gasteiger partial charge is 0.0647 e. The predicted octanol–water partition coefficient (Wildman–Crippen LogP) is 3.08. The van der Waals surface area contributed by atoms with Gasteiger partial charge in [0.1, 0.15) is 0 Å². The number of aromatic nitrogens is 2. The molecule has 0 amide bonds. The zero-order valence-electron chi connectivity index (χ0n) is 12.2. The van der Waals surface area contributed by atoms with E-state index in [9.17, 15) is 5.11 Å². The minimum absolute atomic E-state index is 0.0271. The molecule has 0 atom stereocenters. The van der Waals surface area contributed by atoms with Gasteiger partial charge in [-0.2, -0.15) is 5.10 Å². The number of nitrogens with one attached hydrogen (secondary N) is 1. The van der Waals surface area contributed by atoms with E-state index in [-0.39, 0.29) is 12.0 Å². The average Bonchev–Trinajstić information content (AvgIpc) is 3.04. The first-order valence-corrected chi connectivity index (χ1v) is 7.18. The lowest BCUT2D eigenvalue weighted by atomic mass is 9.83. The Labute approximate surface area is 120 Å². The lowest BCUT2D eigenvalue weighted by molar-refractivity contribution is 0.127. The number of anilines is 1. The zero-order chi connectivity index (χ0) is 14.4. The van der Waals surface area contributed by atoms with Crippen LogP contribution in [0.4, 0.5) is 5.69 Å². The van der Waals surface area contributed by atoms with Gasteiger partial charge < -0.3 is 10.4 Å². The summed E-state index contributed by atoms with van der Waals surface area (Å²) in [6.45, 7) is 5.26. The number of benzene rings is 1. The van der Waals surface area contributed by atoms with E-state index < -0.39 is 0 Å². The van der Waals surface area contributed by atoms with Crippen molar-refractivity contribution in [3.8, 4) is 5.69 Å². The summed E-state index contributed by atoms with van der Waals surface area (Å²) in [6, 6.07) is 10.1. The molecule has 4 nitrogen and oxygen atoms in total. The van der Waals surface area contributed by atoms with Gasteiger partial charge in [-0.05, 0) is 43.2 Å². The van der Waals surface area contributed by atoms with E-state index in [1.807, 2.05) is 41.2 Å². The molecule has 2 rings (SSSR count). The highest BCUT2D eigenvalue weighted by Gasteiger charge is 2.24. The third-order valence-corrected chi connectivity index (χ3v) is 4.14. The zero-order valence-corrected chi connectivity index (χ0v) is 12.2. The highest BCUT2D eigenvalue weighted by molar-refractivity contribution is 5.48. The fourth-order valence-electron chi connectivity index (χ4n) is 2.22. The molecule has 0 fully saturated rings. The molecule has 0 bridgehead atoms. The van der Waals surface area contributed by atoms with Crippen molar-refractivity contribution in [1.82, 2.24) is 9.78 Å². The van der Waals surface area contributed by atoms with E-state index in [2.05, 4.69) is 24.3 Å². The maximum Gasteiger partial charge on any atom is 0.0647 e. The quantitative estimate of drug-likeness (QED) is 0.815. The fourth-order valence-corrected chi connectivity index (χ4v) is 2.22.